The predicted octanol–water partition coefficient (Wildman–Crippen LogP) is 12.0. The van der Waals surface area contributed by atoms with Crippen molar-refractivity contribution in [2.75, 3.05) is 4.90 Å². The van der Waals surface area contributed by atoms with Crippen molar-refractivity contribution in [3.63, 3.8) is 0 Å². The van der Waals surface area contributed by atoms with Crippen molar-refractivity contribution in [3.05, 3.63) is 126 Å². The molecule has 0 bridgehead atoms. The maximum atomic E-state index is 6.94. The van der Waals surface area contributed by atoms with Crippen LogP contribution in [0, 0.1) is 0 Å². The van der Waals surface area contributed by atoms with Crippen LogP contribution in [0.3, 0.4) is 0 Å². The van der Waals surface area contributed by atoms with Crippen molar-refractivity contribution in [2.45, 2.75) is 78.6 Å². The van der Waals surface area contributed by atoms with E-state index >= 15 is 0 Å². The second-order valence-corrected chi connectivity index (χ2v) is 18.3. The van der Waals surface area contributed by atoms with Gasteiger partial charge in [-0.25, -0.2) is 0 Å². The van der Waals surface area contributed by atoms with E-state index in [2.05, 4.69) is 181 Å². The van der Waals surface area contributed by atoms with Gasteiger partial charge < -0.3 is 13.8 Å². The van der Waals surface area contributed by atoms with E-state index in [9.17, 15) is 0 Å². The minimum Gasteiger partial charge on any atom is -0.455 e. The summed E-state index contributed by atoms with van der Waals surface area (Å²) in [4.78, 5) is 2.60. The van der Waals surface area contributed by atoms with Crippen LogP contribution in [0.2, 0.25) is 0 Å². The smallest absolute Gasteiger partial charge is 0.333 e. The number of rotatable bonds is 1. The van der Waals surface area contributed by atoms with Crippen LogP contribution in [0.25, 0.3) is 54.9 Å². The number of fused-ring (bicyclic) bond motifs is 11. The average Bonchev–Trinajstić information content (AvgIpc) is 3.64. The highest BCUT2D eigenvalue weighted by Gasteiger charge is 2.45. The molecule has 3 nitrogen and oxygen atoms in total. The number of aromatic nitrogens is 1. The van der Waals surface area contributed by atoms with Crippen molar-refractivity contribution in [1.29, 1.82) is 0 Å². The summed E-state index contributed by atoms with van der Waals surface area (Å²) in [6.45, 7) is 21.0. The van der Waals surface area contributed by atoms with E-state index in [4.69, 9.17) is 4.42 Å². The maximum Gasteiger partial charge on any atom is 0.333 e. The highest BCUT2D eigenvalue weighted by Crippen LogP contribution is 2.50. The van der Waals surface area contributed by atoms with Gasteiger partial charge in [0.05, 0.1) is 0 Å². The molecule has 0 spiro atoms. The molecule has 0 radical (unpaired) electrons. The minimum absolute atomic E-state index is 0.0206. The zero-order valence-electron chi connectivity index (χ0n) is 31.8. The Morgan fingerprint density at radius 2 is 1.19 bits per heavy atom. The molecular weight excluding hydrogens is 631 g/mol. The molecule has 256 valence electrons. The molecule has 0 saturated heterocycles. The molecule has 0 saturated carbocycles. The van der Waals surface area contributed by atoms with Gasteiger partial charge in [0.25, 0.3) is 0 Å². The molecule has 2 aliphatic heterocycles. The third kappa shape index (κ3) is 4.27. The number of hydrogen-bond donors (Lipinski definition) is 0. The van der Waals surface area contributed by atoms with Gasteiger partial charge in [0.2, 0.25) is 0 Å². The van der Waals surface area contributed by atoms with Gasteiger partial charge in [-0.05, 0) is 80.3 Å². The van der Waals surface area contributed by atoms with E-state index in [1.165, 1.54) is 77.6 Å². The van der Waals surface area contributed by atoms with Crippen LogP contribution in [0.4, 0.5) is 17.1 Å². The third-order valence-electron chi connectivity index (χ3n) is 11.8. The third-order valence-corrected chi connectivity index (χ3v) is 11.8. The van der Waals surface area contributed by atoms with Crippen molar-refractivity contribution >= 4 is 78.6 Å². The lowest BCUT2D eigenvalue weighted by molar-refractivity contribution is 0.569. The van der Waals surface area contributed by atoms with Crippen LogP contribution in [-0.4, -0.2) is 11.3 Å². The SMILES string of the molecule is CC(C)(C)c1cc(N2c3cc(C(C)(C)C)ccc3B3c4c2cc2c(oc5ccccc52)c4-c2cccc4c5ccccc5n3c24)cc(C(C)(C)C)c1. The predicted molar refractivity (Wildman–Crippen MR) is 223 cm³/mol. The highest BCUT2D eigenvalue weighted by atomic mass is 16.3. The topological polar surface area (TPSA) is 21.3 Å². The van der Waals surface area contributed by atoms with Crippen LogP contribution in [0.15, 0.2) is 114 Å². The summed E-state index contributed by atoms with van der Waals surface area (Å²) in [6.07, 6.45) is 0. The van der Waals surface area contributed by atoms with Crippen molar-refractivity contribution in [3.8, 4) is 11.1 Å². The van der Waals surface area contributed by atoms with Crippen LogP contribution in [-0.2, 0) is 16.2 Å². The number of para-hydroxylation sites is 3. The van der Waals surface area contributed by atoms with Crippen LogP contribution >= 0.6 is 0 Å². The van der Waals surface area contributed by atoms with Gasteiger partial charge in [-0.3, -0.25) is 0 Å². The first-order valence-corrected chi connectivity index (χ1v) is 18.8. The van der Waals surface area contributed by atoms with Crippen molar-refractivity contribution < 1.29 is 4.42 Å². The summed E-state index contributed by atoms with van der Waals surface area (Å²) in [6, 6.07) is 41.4. The largest absolute Gasteiger partial charge is 0.455 e. The fraction of sp³-hybridized carbons (Fsp3) is 0.250. The molecule has 2 aromatic heterocycles. The summed E-state index contributed by atoms with van der Waals surface area (Å²) in [5.74, 6) is 0. The van der Waals surface area contributed by atoms with E-state index < -0.39 is 0 Å². The van der Waals surface area contributed by atoms with E-state index in [0.29, 0.717) is 0 Å². The monoisotopic (exact) mass is 676 g/mol. The lowest BCUT2D eigenvalue weighted by Crippen LogP contribution is -2.56. The van der Waals surface area contributed by atoms with Crippen molar-refractivity contribution in [1.82, 2.24) is 4.48 Å². The van der Waals surface area contributed by atoms with Crippen LogP contribution in [0.5, 0.6) is 0 Å². The fourth-order valence-corrected chi connectivity index (χ4v) is 8.98. The Labute approximate surface area is 307 Å². The molecule has 0 unspecified atom stereocenters. The van der Waals surface area contributed by atoms with Gasteiger partial charge in [-0.1, -0.05) is 135 Å². The van der Waals surface area contributed by atoms with Gasteiger partial charge >= 0.3 is 6.85 Å². The minimum atomic E-state index is -0.0342. The van der Waals surface area contributed by atoms with Gasteiger partial charge in [-0.15, -0.1) is 0 Å². The molecule has 4 heterocycles. The molecule has 0 aliphatic carbocycles. The number of anilines is 3. The number of nitrogens with zero attached hydrogens (tertiary/aromatic N) is 2. The molecule has 10 rings (SSSR count). The van der Waals surface area contributed by atoms with Crippen LogP contribution in [0.1, 0.15) is 79.0 Å². The Morgan fingerprint density at radius 3 is 1.90 bits per heavy atom. The second-order valence-electron chi connectivity index (χ2n) is 18.3. The first-order chi connectivity index (χ1) is 24.7. The highest BCUT2D eigenvalue weighted by molar-refractivity contribution is 6.90. The lowest BCUT2D eigenvalue weighted by atomic mass is 9.45. The summed E-state index contributed by atoms with van der Waals surface area (Å²) >= 11 is 0. The fourth-order valence-electron chi connectivity index (χ4n) is 8.98. The van der Waals surface area contributed by atoms with Gasteiger partial charge in [-0.2, -0.15) is 0 Å². The summed E-state index contributed by atoms with van der Waals surface area (Å²) in [7, 11) is 0. The zero-order valence-corrected chi connectivity index (χ0v) is 31.8. The molecule has 0 fully saturated rings. The van der Waals surface area contributed by atoms with Gasteiger partial charge in [0, 0.05) is 60.8 Å². The Kier molecular flexibility index (Phi) is 6.19. The molecular formula is C48H45BN2O. The number of benzene rings is 6. The molecule has 52 heavy (non-hydrogen) atoms. The van der Waals surface area contributed by atoms with E-state index in [1.54, 1.807) is 0 Å². The standard InChI is InChI=1S/C48H45BN2O/c1-46(2,3)28-21-22-37-39(26-28)50(31-24-29(47(4,5)6)23-30(25-31)48(7,8)9)40-27-36-33-16-11-13-20-41(33)52-45(36)42-35-18-14-17-34-32-15-10-12-19-38(32)51(44(34)35)49(37)43(40)42/h10-27H,1-9H3. The second kappa shape index (κ2) is 10.2. The molecule has 8 aromatic rings. The first-order valence-electron chi connectivity index (χ1n) is 18.8. The van der Waals surface area contributed by atoms with Gasteiger partial charge in [0.15, 0.2) is 0 Å². The molecule has 0 atom stereocenters. The van der Waals surface area contributed by atoms with Gasteiger partial charge in [0.1, 0.15) is 11.2 Å². The molecule has 2 aliphatic rings. The Hall–Kier alpha value is -5.22. The Balaban J connectivity index is 1.43. The van der Waals surface area contributed by atoms with Crippen LogP contribution < -0.4 is 15.8 Å². The molecule has 0 amide bonds. The zero-order chi connectivity index (χ0) is 36.1. The molecule has 4 heteroatoms. The van der Waals surface area contributed by atoms with Crippen molar-refractivity contribution in [2.24, 2.45) is 0 Å². The van der Waals surface area contributed by atoms with E-state index in [0.717, 1.165) is 21.9 Å². The Bertz CT molecular complexity index is 2780. The summed E-state index contributed by atoms with van der Waals surface area (Å²) in [5.41, 5.74) is 17.2. The van der Waals surface area contributed by atoms with E-state index in [1.807, 2.05) is 0 Å². The molecule has 6 aromatic carbocycles. The number of hydrogen-bond acceptors (Lipinski definition) is 2. The average molecular weight is 677 g/mol. The normalized spacial score (nSPS) is 14.2. The summed E-state index contributed by atoms with van der Waals surface area (Å²) in [5, 5.41) is 4.89. The van der Waals surface area contributed by atoms with E-state index in [-0.39, 0.29) is 23.1 Å². The Morgan fingerprint density at radius 1 is 0.538 bits per heavy atom. The lowest BCUT2D eigenvalue weighted by Gasteiger charge is -2.42. The maximum absolute atomic E-state index is 6.94. The quantitative estimate of drug-likeness (QED) is 0.161. The summed E-state index contributed by atoms with van der Waals surface area (Å²) < 4.78 is 9.57. The first kappa shape index (κ1) is 31.5. The number of furan rings is 1. The molecule has 0 N–H and O–H groups in total.